The predicted octanol–water partition coefficient (Wildman–Crippen LogP) is 3.86. The van der Waals surface area contributed by atoms with Gasteiger partial charge in [-0.05, 0) is 44.5 Å². The highest BCUT2D eigenvalue weighted by Gasteiger charge is 2.41. The van der Waals surface area contributed by atoms with Crippen molar-refractivity contribution in [3.05, 3.63) is 48.7 Å². The molecule has 3 heterocycles. The number of rotatable bonds is 11. The molecular weight excluding hydrogens is 458 g/mol. The van der Waals surface area contributed by atoms with Crippen LogP contribution in [0, 0.1) is 12.3 Å². The number of hydrogen-bond acceptors (Lipinski definition) is 7. The van der Waals surface area contributed by atoms with Crippen LogP contribution in [-0.4, -0.2) is 49.2 Å². The molecule has 3 aromatic rings. The van der Waals surface area contributed by atoms with Crippen molar-refractivity contribution in [2.45, 2.75) is 70.2 Å². The van der Waals surface area contributed by atoms with E-state index in [-0.39, 0.29) is 18.2 Å². The highest BCUT2D eigenvalue weighted by molar-refractivity contribution is 5.90. The molecule has 2 amide bonds. The molecule has 0 saturated carbocycles. The van der Waals surface area contributed by atoms with Crippen molar-refractivity contribution in [3.8, 4) is 12.3 Å². The Morgan fingerprint density at radius 2 is 2.06 bits per heavy atom. The summed E-state index contributed by atoms with van der Waals surface area (Å²) in [5.74, 6) is 2.18. The summed E-state index contributed by atoms with van der Waals surface area (Å²) >= 11 is 0. The van der Waals surface area contributed by atoms with Crippen LogP contribution in [0.4, 0.5) is 0 Å². The second-order valence-corrected chi connectivity index (χ2v) is 9.99. The Kier molecular flexibility index (Phi) is 7.20. The molecule has 0 fully saturated rings. The molecular formula is C26H31N7O3. The fourth-order valence-corrected chi connectivity index (χ4v) is 4.13. The quantitative estimate of drug-likeness (QED) is 0.410. The summed E-state index contributed by atoms with van der Waals surface area (Å²) in [5, 5.41) is 16.4. The van der Waals surface area contributed by atoms with Crippen LogP contribution < -0.4 is 5.32 Å². The normalized spacial score (nSPS) is 14.8. The van der Waals surface area contributed by atoms with Gasteiger partial charge in [0.2, 0.25) is 11.8 Å². The van der Waals surface area contributed by atoms with Crippen molar-refractivity contribution >= 4 is 22.8 Å². The van der Waals surface area contributed by atoms with Crippen molar-refractivity contribution in [1.82, 2.24) is 25.0 Å². The number of aromatic nitrogens is 3. The molecule has 188 valence electrons. The summed E-state index contributed by atoms with van der Waals surface area (Å²) in [6.07, 6.45) is 11.8. The van der Waals surface area contributed by atoms with Crippen LogP contribution in [-0.2, 0) is 16.1 Å². The molecule has 0 saturated heterocycles. The van der Waals surface area contributed by atoms with E-state index in [1.165, 1.54) is 6.33 Å². The van der Waals surface area contributed by atoms with E-state index >= 15 is 0 Å². The Bertz CT molecular complexity index is 1270. The first-order chi connectivity index (χ1) is 17.2. The Hall–Kier alpha value is -4.00. The zero-order chi connectivity index (χ0) is 25.8. The number of benzene rings is 1. The third-order valence-electron chi connectivity index (χ3n) is 6.00. The van der Waals surface area contributed by atoms with Crippen LogP contribution >= 0.6 is 0 Å². The molecule has 2 aromatic heterocycles. The summed E-state index contributed by atoms with van der Waals surface area (Å²) in [4.78, 5) is 32.9. The Morgan fingerprint density at radius 1 is 1.25 bits per heavy atom. The molecule has 0 aliphatic carbocycles. The number of carbonyl (C=O) groups excluding carboxylic acids is 2. The maximum absolute atomic E-state index is 13.7. The molecule has 1 unspecified atom stereocenters. The number of hydrogen-bond donors (Lipinski definition) is 1. The molecule has 10 nitrogen and oxygen atoms in total. The van der Waals surface area contributed by atoms with Gasteiger partial charge in [-0.15, -0.1) is 12.3 Å². The first kappa shape index (κ1) is 25.1. The Balaban J connectivity index is 1.65. The second kappa shape index (κ2) is 10.3. The number of fused-ring (bicyclic) bond motifs is 1. The SMILES string of the molecule is C#CCCC1(CCN(C(=O)CCn2cncn2)C(C(=O)NC(C)(C)C)c2ccc3occc3c2)N=N1. The average Bonchev–Trinajstić information content (AvgIpc) is 3.20. The van der Waals surface area contributed by atoms with Gasteiger partial charge in [0.25, 0.3) is 0 Å². The standard InChI is InChI=1S/C26H31N7O3/c1-5-6-11-26(30-31-26)12-14-33(22(34)9-13-32-18-27-17-28-32)23(24(35)29-25(2,3)4)20-7-8-21-19(16-20)10-15-36-21/h1,7-8,10,15-18,23H,6,9,11-14H2,2-4H3,(H,29,35). The number of nitrogens with zero attached hydrogens (tertiary/aromatic N) is 6. The Morgan fingerprint density at radius 3 is 2.72 bits per heavy atom. The van der Waals surface area contributed by atoms with Gasteiger partial charge < -0.3 is 14.6 Å². The minimum atomic E-state index is -0.852. The van der Waals surface area contributed by atoms with Crippen LogP contribution in [0.1, 0.15) is 58.1 Å². The molecule has 36 heavy (non-hydrogen) atoms. The molecule has 1 aliphatic heterocycles. The average molecular weight is 490 g/mol. The molecule has 1 aromatic carbocycles. The monoisotopic (exact) mass is 489 g/mol. The summed E-state index contributed by atoms with van der Waals surface area (Å²) in [5.41, 5.74) is 0.333. The van der Waals surface area contributed by atoms with E-state index in [2.05, 4.69) is 31.5 Å². The van der Waals surface area contributed by atoms with E-state index in [4.69, 9.17) is 10.8 Å². The number of furan rings is 1. The molecule has 0 spiro atoms. The van der Waals surface area contributed by atoms with Gasteiger partial charge in [0.1, 0.15) is 24.3 Å². The lowest BCUT2D eigenvalue weighted by Crippen LogP contribution is -2.50. The largest absolute Gasteiger partial charge is 0.464 e. The Labute approximate surface area is 210 Å². The fraction of sp³-hybridized carbons (Fsp3) is 0.462. The summed E-state index contributed by atoms with van der Waals surface area (Å²) in [7, 11) is 0. The van der Waals surface area contributed by atoms with Crippen LogP contribution in [0.3, 0.4) is 0 Å². The number of nitrogens with one attached hydrogen (secondary N) is 1. The molecule has 1 aliphatic rings. The first-order valence-corrected chi connectivity index (χ1v) is 12.0. The van der Waals surface area contributed by atoms with Gasteiger partial charge in [-0.2, -0.15) is 15.3 Å². The zero-order valence-corrected chi connectivity index (χ0v) is 20.8. The zero-order valence-electron chi connectivity index (χ0n) is 20.8. The highest BCUT2D eigenvalue weighted by Crippen LogP contribution is 2.38. The third kappa shape index (κ3) is 6.16. The van der Waals surface area contributed by atoms with Crippen molar-refractivity contribution in [2.75, 3.05) is 6.54 Å². The smallest absolute Gasteiger partial charge is 0.247 e. The lowest BCUT2D eigenvalue weighted by atomic mass is 9.98. The third-order valence-corrected chi connectivity index (χ3v) is 6.00. The van der Waals surface area contributed by atoms with E-state index in [1.807, 2.05) is 45.0 Å². The van der Waals surface area contributed by atoms with Crippen molar-refractivity contribution in [1.29, 1.82) is 0 Å². The first-order valence-electron chi connectivity index (χ1n) is 12.0. The van der Waals surface area contributed by atoms with Crippen molar-refractivity contribution in [2.24, 2.45) is 10.2 Å². The van der Waals surface area contributed by atoms with E-state index < -0.39 is 17.2 Å². The van der Waals surface area contributed by atoms with Crippen LogP contribution in [0.15, 0.2) is 57.8 Å². The maximum Gasteiger partial charge on any atom is 0.247 e. The molecule has 4 rings (SSSR count). The molecule has 10 heteroatoms. The van der Waals surface area contributed by atoms with E-state index in [0.717, 1.165) is 5.39 Å². The number of aryl methyl sites for hydroxylation is 1. The van der Waals surface area contributed by atoms with E-state index in [9.17, 15) is 9.59 Å². The van der Waals surface area contributed by atoms with Crippen molar-refractivity contribution < 1.29 is 14.0 Å². The lowest BCUT2D eigenvalue weighted by molar-refractivity contribution is -0.142. The van der Waals surface area contributed by atoms with Gasteiger partial charge in [0.05, 0.1) is 12.8 Å². The molecule has 1 atom stereocenters. The summed E-state index contributed by atoms with van der Waals surface area (Å²) in [6, 6.07) is 6.53. The van der Waals surface area contributed by atoms with E-state index in [0.29, 0.717) is 43.5 Å². The van der Waals surface area contributed by atoms with Crippen LogP contribution in [0.2, 0.25) is 0 Å². The fourth-order valence-electron chi connectivity index (χ4n) is 4.13. The number of carbonyl (C=O) groups is 2. The second-order valence-electron chi connectivity index (χ2n) is 9.99. The van der Waals surface area contributed by atoms with E-state index in [1.54, 1.807) is 22.2 Å². The van der Waals surface area contributed by atoms with Crippen molar-refractivity contribution in [3.63, 3.8) is 0 Å². The van der Waals surface area contributed by atoms with Crippen LogP contribution in [0.5, 0.6) is 0 Å². The van der Waals surface area contributed by atoms with Gasteiger partial charge >= 0.3 is 0 Å². The maximum atomic E-state index is 13.7. The minimum Gasteiger partial charge on any atom is -0.464 e. The summed E-state index contributed by atoms with van der Waals surface area (Å²) < 4.78 is 7.08. The summed E-state index contributed by atoms with van der Waals surface area (Å²) in [6.45, 7) is 6.37. The molecule has 1 N–H and O–H groups in total. The highest BCUT2D eigenvalue weighted by atomic mass is 16.3. The predicted molar refractivity (Wildman–Crippen MR) is 133 cm³/mol. The van der Waals surface area contributed by atoms with Gasteiger partial charge in [0.15, 0.2) is 5.66 Å². The lowest BCUT2D eigenvalue weighted by Gasteiger charge is -2.34. The van der Waals surface area contributed by atoms with Gasteiger partial charge in [-0.25, -0.2) is 4.98 Å². The van der Waals surface area contributed by atoms with Crippen LogP contribution in [0.25, 0.3) is 11.0 Å². The minimum absolute atomic E-state index is 0.155. The molecule has 0 radical (unpaired) electrons. The van der Waals surface area contributed by atoms with Gasteiger partial charge in [-0.1, -0.05) is 6.07 Å². The van der Waals surface area contributed by atoms with Gasteiger partial charge in [-0.3, -0.25) is 14.3 Å². The number of terminal acetylenes is 1. The molecule has 0 bridgehead atoms. The van der Waals surface area contributed by atoms with Gasteiger partial charge in [0, 0.05) is 43.2 Å². The number of amides is 2. The topological polar surface area (TPSA) is 118 Å².